The van der Waals surface area contributed by atoms with E-state index in [1.807, 2.05) is 30.3 Å². The van der Waals surface area contributed by atoms with Crippen LogP contribution in [0.3, 0.4) is 0 Å². The van der Waals surface area contributed by atoms with Crippen molar-refractivity contribution in [1.29, 1.82) is 5.26 Å². The number of ether oxygens (including phenoxy) is 1. The molecule has 0 aliphatic carbocycles. The molecule has 0 aliphatic heterocycles. The van der Waals surface area contributed by atoms with Crippen molar-refractivity contribution >= 4 is 5.78 Å². The SMILES string of the molecule is CC(Oc1ccc(CC#N)cc1)C(=O)c1ccccc1. The van der Waals surface area contributed by atoms with Crippen LogP contribution in [0.1, 0.15) is 22.8 Å². The minimum atomic E-state index is -0.542. The molecule has 0 N–H and O–H groups in total. The summed E-state index contributed by atoms with van der Waals surface area (Å²) in [5, 5.41) is 8.61. The molecule has 100 valence electrons. The van der Waals surface area contributed by atoms with Gasteiger partial charge >= 0.3 is 0 Å². The van der Waals surface area contributed by atoms with Gasteiger partial charge in [0, 0.05) is 5.56 Å². The molecule has 0 heterocycles. The van der Waals surface area contributed by atoms with Gasteiger partial charge in [-0.15, -0.1) is 0 Å². The van der Waals surface area contributed by atoms with E-state index in [2.05, 4.69) is 6.07 Å². The average Bonchev–Trinajstić information content (AvgIpc) is 2.49. The van der Waals surface area contributed by atoms with Gasteiger partial charge in [0.15, 0.2) is 6.10 Å². The predicted molar refractivity (Wildman–Crippen MR) is 76.6 cm³/mol. The number of Topliss-reactive ketones (excluding diaryl/α,β-unsaturated/α-hetero) is 1. The van der Waals surface area contributed by atoms with Crippen LogP contribution in [0.4, 0.5) is 0 Å². The number of carbonyl (C=O) groups is 1. The molecular formula is C17H15NO2. The van der Waals surface area contributed by atoms with Crippen molar-refractivity contribution in [2.75, 3.05) is 0 Å². The van der Waals surface area contributed by atoms with Crippen molar-refractivity contribution in [3.8, 4) is 11.8 Å². The van der Waals surface area contributed by atoms with E-state index in [0.29, 0.717) is 17.7 Å². The van der Waals surface area contributed by atoms with Crippen LogP contribution in [-0.2, 0) is 6.42 Å². The molecule has 1 unspecified atom stereocenters. The number of nitrogens with zero attached hydrogens (tertiary/aromatic N) is 1. The Labute approximate surface area is 118 Å². The summed E-state index contributed by atoms with van der Waals surface area (Å²) < 4.78 is 5.63. The Morgan fingerprint density at radius 2 is 1.80 bits per heavy atom. The molecule has 0 radical (unpaired) electrons. The number of carbonyl (C=O) groups excluding carboxylic acids is 1. The predicted octanol–water partition coefficient (Wildman–Crippen LogP) is 3.40. The standard InChI is InChI=1S/C17H15NO2/c1-13(17(19)15-5-3-2-4-6-15)20-16-9-7-14(8-10-16)11-12-18/h2-10,13H,11H2,1H3. The van der Waals surface area contributed by atoms with E-state index in [1.165, 1.54) is 0 Å². The first-order chi connectivity index (χ1) is 9.70. The van der Waals surface area contributed by atoms with Crippen molar-refractivity contribution in [3.05, 3.63) is 65.7 Å². The monoisotopic (exact) mass is 265 g/mol. The molecule has 0 amide bonds. The van der Waals surface area contributed by atoms with E-state index in [1.54, 1.807) is 31.2 Å². The maximum absolute atomic E-state index is 12.2. The summed E-state index contributed by atoms with van der Waals surface area (Å²) in [5.41, 5.74) is 1.57. The first-order valence-electron chi connectivity index (χ1n) is 6.42. The Bertz CT molecular complexity index is 612. The van der Waals surface area contributed by atoms with Gasteiger partial charge in [-0.2, -0.15) is 5.26 Å². The highest BCUT2D eigenvalue weighted by Gasteiger charge is 2.16. The molecule has 2 aromatic rings. The van der Waals surface area contributed by atoms with Gasteiger partial charge in [-0.25, -0.2) is 0 Å². The summed E-state index contributed by atoms with van der Waals surface area (Å²) in [4.78, 5) is 12.2. The van der Waals surface area contributed by atoms with Crippen molar-refractivity contribution in [3.63, 3.8) is 0 Å². The maximum Gasteiger partial charge on any atom is 0.202 e. The Morgan fingerprint density at radius 1 is 1.15 bits per heavy atom. The maximum atomic E-state index is 12.2. The molecular weight excluding hydrogens is 250 g/mol. The molecule has 3 nitrogen and oxygen atoms in total. The lowest BCUT2D eigenvalue weighted by atomic mass is 10.1. The second-order valence-corrected chi connectivity index (χ2v) is 4.47. The van der Waals surface area contributed by atoms with Crippen LogP contribution < -0.4 is 4.74 Å². The van der Waals surface area contributed by atoms with Crippen LogP contribution >= 0.6 is 0 Å². The molecule has 0 aliphatic rings. The Hall–Kier alpha value is -2.60. The minimum absolute atomic E-state index is 0.0494. The van der Waals surface area contributed by atoms with Gasteiger partial charge in [-0.3, -0.25) is 4.79 Å². The van der Waals surface area contributed by atoms with Crippen LogP contribution in [0.2, 0.25) is 0 Å². The van der Waals surface area contributed by atoms with E-state index in [-0.39, 0.29) is 5.78 Å². The average molecular weight is 265 g/mol. The zero-order valence-electron chi connectivity index (χ0n) is 11.2. The van der Waals surface area contributed by atoms with Crippen LogP contribution in [0.25, 0.3) is 0 Å². The second-order valence-electron chi connectivity index (χ2n) is 4.47. The van der Waals surface area contributed by atoms with Crippen molar-refractivity contribution in [2.24, 2.45) is 0 Å². The third-order valence-corrected chi connectivity index (χ3v) is 2.95. The first-order valence-corrected chi connectivity index (χ1v) is 6.42. The van der Waals surface area contributed by atoms with Gasteiger partial charge in [0.05, 0.1) is 12.5 Å². The van der Waals surface area contributed by atoms with Crippen molar-refractivity contribution < 1.29 is 9.53 Å². The first kappa shape index (κ1) is 13.8. The van der Waals surface area contributed by atoms with Gasteiger partial charge in [0.1, 0.15) is 5.75 Å². The van der Waals surface area contributed by atoms with Crippen LogP contribution in [0, 0.1) is 11.3 Å². The number of rotatable bonds is 5. The van der Waals surface area contributed by atoms with Gasteiger partial charge in [-0.1, -0.05) is 42.5 Å². The molecule has 0 saturated heterocycles. The molecule has 2 rings (SSSR count). The summed E-state index contributed by atoms with van der Waals surface area (Å²) >= 11 is 0. The largest absolute Gasteiger partial charge is 0.483 e. The number of benzene rings is 2. The Morgan fingerprint density at radius 3 is 2.40 bits per heavy atom. The summed E-state index contributed by atoms with van der Waals surface area (Å²) in [7, 11) is 0. The molecule has 20 heavy (non-hydrogen) atoms. The summed E-state index contributed by atoms with van der Waals surface area (Å²) in [6, 6.07) is 18.4. The third kappa shape index (κ3) is 3.46. The lowest BCUT2D eigenvalue weighted by Gasteiger charge is -2.13. The van der Waals surface area contributed by atoms with E-state index in [0.717, 1.165) is 5.56 Å². The topological polar surface area (TPSA) is 50.1 Å². The van der Waals surface area contributed by atoms with Crippen molar-refractivity contribution in [2.45, 2.75) is 19.4 Å². The fraction of sp³-hybridized carbons (Fsp3) is 0.176. The van der Waals surface area contributed by atoms with Gasteiger partial charge in [-0.05, 0) is 24.6 Å². The smallest absolute Gasteiger partial charge is 0.202 e. The molecule has 0 saturated carbocycles. The molecule has 1 atom stereocenters. The van der Waals surface area contributed by atoms with Crippen LogP contribution in [0.5, 0.6) is 5.75 Å². The highest BCUT2D eigenvalue weighted by molar-refractivity contribution is 5.99. The van der Waals surface area contributed by atoms with E-state index in [4.69, 9.17) is 10.00 Å². The van der Waals surface area contributed by atoms with E-state index in [9.17, 15) is 4.79 Å². The second kappa shape index (κ2) is 6.53. The molecule has 0 spiro atoms. The summed E-state index contributed by atoms with van der Waals surface area (Å²) in [6.45, 7) is 1.73. The lowest BCUT2D eigenvalue weighted by Crippen LogP contribution is -2.23. The van der Waals surface area contributed by atoms with Gasteiger partial charge < -0.3 is 4.74 Å². The molecule has 0 aromatic heterocycles. The molecule has 0 bridgehead atoms. The highest BCUT2D eigenvalue weighted by Crippen LogP contribution is 2.16. The van der Waals surface area contributed by atoms with Gasteiger partial charge in [0.2, 0.25) is 5.78 Å². The normalized spacial score (nSPS) is 11.4. The quantitative estimate of drug-likeness (QED) is 0.778. The van der Waals surface area contributed by atoms with E-state index < -0.39 is 6.10 Å². The zero-order chi connectivity index (χ0) is 14.4. The lowest BCUT2D eigenvalue weighted by molar-refractivity contribution is 0.0818. The number of hydrogen-bond donors (Lipinski definition) is 0. The Kier molecular flexibility index (Phi) is 4.52. The summed E-state index contributed by atoms with van der Waals surface area (Å²) in [6.07, 6.45) is -0.169. The number of nitriles is 1. The highest BCUT2D eigenvalue weighted by atomic mass is 16.5. The molecule has 0 fully saturated rings. The van der Waals surface area contributed by atoms with Crippen molar-refractivity contribution in [1.82, 2.24) is 0 Å². The zero-order valence-corrected chi connectivity index (χ0v) is 11.2. The number of hydrogen-bond acceptors (Lipinski definition) is 3. The third-order valence-electron chi connectivity index (χ3n) is 2.95. The summed E-state index contributed by atoms with van der Waals surface area (Å²) in [5.74, 6) is 0.579. The van der Waals surface area contributed by atoms with Gasteiger partial charge in [0.25, 0.3) is 0 Å². The Balaban J connectivity index is 2.02. The fourth-order valence-electron chi connectivity index (χ4n) is 1.87. The number of ketones is 1. The molecule has 3 heteroatoms. The van der Waals surface area contributed by atoms with Crippen LogP contribution in [-0.4, -0.2) is 11.9 Å². The van der Waals surface area contributed by atoms with E-state index >= 15 is 0 Å². The molecule has 2 aromatic carbocycles. The minimum Gasteiger partial charge on any atom is -0.483 e. The fourth-order valence-corrected chi connectivity index (χ4v) is 1.87. The van der Waals surface area contributed by atoms with Crippen LogP contribution in [0.15, 0.2) is 54.6 Å².